The Morgan fingerprint density at radius 1 is 0.306 bits per heavy atom. The fourth-order valence-corrected chi connectivity index (χ4v) is 10.5. The van der Waals surface area contributed by atoms with E-state index in [0.29, 0.717) is 32.1 Å². The molecule has 19 heteroatoms. The number of unbranched alkanes of at least 4 members (excludes halogenated alkanes) is 16. The molecule has 98 heavy (non-hydrogen) atoms. The van der Waals surface area contributed by atoms with E-state index in [2.05, 4.69) is 149 Å². The van der Waals surface area contributed by atoms with Crippen LogP contribution in [0.2, 0.25) is 0 Å². The number of rotatable bonds is 67. The lowest BCUT2D eigenvalue weighted by molar-refractivity contribution is -0.161. The van der Waals surface area contributed by atoms with Gasteiger partial charge in [0.25, 0.3) is 0 Å². The standard InChI is InChI=1S/C79H128O17P2/c1-5-9-13-17-21-25-29-32-35-36-39-41-45-48-52-56-60-64-77(82)90-70-75(96-79(84)66-62-58-54-50-46-42-38-34-31-27-23-19-15-11-7-3)72-94-98(87,88)92-68-73(80)67-91-97(85,86)93-71-74(95-78(83)65-61-57-53-49-43-28-24-20-16-12-8-4)69-89-76(81)63-59-55-51-47-44-40-37-33-30-26-22-18-14-10-6-2/h9-10,13-14,20-27,32-35,37-39,41,44,47-48,52,55,59,73-75,80H,5-8,11-12,15-19,28-31,36,40,42-43,45-46,49-51,53-54,56-58,60-72H2,1-4H3,(H,85,86)(H,87,88)/b13-9-,14-10-,24-20-,25-21-,26-22-,27-23-,35-32-,37-33-,38-34-,41-39-,47-44-,52-48-,59-55-. The number of allylic oxidation sites excluding steroid dienone is 25. The Hall–Kier alpha value is -5.32. The second-order valence-corrected chi connectivity index (χ2v) is 26.7. The van der Waals surface area contributed by atoms with Gasteiger partial charge in [0.1, 0.15) is 19.3 Å². The molecular formula is C79H128O17P2. The van der Waals surface area contributed by atoms with E-state index in [1.165, 1.54) is 25.7 Å². The average Bonchev–Trinajstić information content (AvgIpc) is 0.986. The highest BCUT2D eigenvalue weighted by Crippen LogP contribution is 2.45. The highest BCUT2D eigenvalue weighted by atomic mass is 31.2. The van der Waals surface area contributed by atoms with Crippen LogP contribution >= 0.6 is 15.6 Å². The molecule has 0 spiro atoms. The molecule has 0 aromatic rings. The molecule has 5 unspecified atom stereocenters. The van der Waals surface area contributed by atoms with Crippen molar-refractivity contribution >= 4 is 39.5 Å². The first kappa shape index (κ1) is 92.7. The second kappa shape index (κ2) is 70.1. The summed E-state index contributed by atoms with van der Waals surface area (Å²) in [6, 6.07) is 0. The Kier molecular flexibility index (Phi) is 66.3. The molecule has 17 nitrogen and oxygen atoms in total. The van der Waals surface area contributed by atoms with Gasteiger partial charge in [0.05, 0.1) is 32.8 Å². The molecular weight excluding hydrogens is 1280 g/mol. The van der Waals surface area contributed by atoms with Crippen molar-refractivity contribution in [2.45, 2.75) is 277 Å². The Morgan fingerprint density at radius 3 is 0.980 bits per heavy atom. The predicted octanol–water partition coefficient (Wildman–Crippen LogP) is 20.9. The maximum absolute atomic E-state index is 13.1. The van der Waals surface area contributed by atoms with Gasteiger partial charge in [-0.2, -0.15) is 0 Å². The van der Waals surface area contributed by atoms with Gasteiger partial charge in [0, 0.05) is 19.3 Å². The van der Waals surface area contributed by atoms with E-state index >= 15 is 0 Å². The number of esters is 4. The zero-order valence-corrected chi connectivity index (χ0v) is 62.2. The predicted molar refractivity (Wildman–Crippen MR) is 399 cm³/mol. The molecule has 0 fully saturated rings. The number of hydrogen-bond acceptors (Lipinski definition) is 15. The van der Waals surface area contributed by atoms with E-state index in [1.54, 1.807) is 6.08 Å². The molecule has 0 rings (SSSR count). The summed E-state index contributed by atoms with van der Waals surface area (Å²) >= 11 is 0. The molecule has 3 N–H and O–H groups in total. The first-order valence-electron chi connectivity index (χ1n) is 36.7. The van der Waals surface area contributed by atoms with Gasteiger partial charge >= 0.3 is 39.5 Å². The SMILES string of the molecule is CC/C=C\C/C=C\C/C=C\C/C=C\C/C=C\CCCC(=O)OCC(COP(=O)(O)OCC(O)COP(=O)(O)OCC(COC(=O)C/C=C\C/C=C\C/C=C\C/C=C\C/C=C\CC)OC(=O)CCCCCCC/C=C\CCCC)OC(=O)CCCCCCC/C=C\C/C=C\CCCCC. The monoisotopic (exact) mass is 1410 g/mol. The van der Waals surface area contributed by atoms with Crippen LogP contribution in [0.15, 0.2) is 158 Å². The van der Waals surface area contributed by atoms with Gasteiger partial charge in [0.15, 0.2) is 12.2 Å². The van der Waals surface area contributed by atoms with Crippen molar-refractivity contribution in [2.75, 3.05) is 39.6 Å². The number of aliphatic hydroxyl groups excluding tert-OH is 1. The summed E-state index contributed by atoms with van der Waals surface area (Å²) in [4.78, 5) is 72.6. The molecule has 556 valence electrons. The molecule has 0 bridgehead atoms. The van der Waals surface area contributed by atoms with Crippen LogP contribution in [0, 0.1) is 0 Å². The molecule has 0 aliphatic rings. The van der Waals surface area contributed by atoms with Gasteiger partial charge in [0.2, 0.25) is 0 Å². The van der Waals surface area contributed by atoms with E-state index in [4.69, 9.17) is 37.0 Å². The molecule has 5 atom stereocenters. The largest absolute Gasteiger partial charge is 0.472 e. The van der Waals surface area contributed by atoms with Gasteiger partial charge in [-0.25, -0.2) is 9.13 Å². The van der Waals surface area contributed by atoms with E-state index in [0.717, 1.165) is 148 Å². The summed E-state index contributed by atoms with van der Waals surface area (Å²) in [5.41, 5.74) is 0. The number of phosphoric ester groups is 2. The third-order valence-electron chi connectivity index (χ3n) is 14.5. The van der Waals surface area contributed by atoms with Gasteiger partial charge in [-0.1, -0.05) is 250 Å². The fraction of sp³-hybridized carbons (Fsp3) is 0.620. The van der Waals surface area contributed by atoms with E-state index in [1.807, 2.05) is 30.4 Å². The first-order valence-corrected chi connectivity index (χ1v) is 39.7. The summed E-state index contributed by atoms with van der Waals surface area (Å²) < 4.78 is 68.1. The van der Waals surface area contributed by atoms with Crippen LogP contribution < -0.4 is 0 Å². The molecule has 0 amide bonds. The molecule has 0 aliphatic carbocycles. The summed E-state index contributed by atoms with van der Waals surface area (Å²) in [7, 11) is -10.0. The third kappa shape index (κ3) is 69.2. The van der Waals surface area contributed by atoms with Gasteiger partial charge in [-0.15, -0.1) is 0 Å². The van der Waals surface area contributed by atoms with Crippen molar-refractivity contribution in [3.05, 3.63) is 158 Å². The fourth-order valence-electron chi connectivity index (χ4n) is 8.93. The molecule has 0 aliphatic heterocycles. The second-order valence-electron chi connectivity index (χ2n) is 23.8. The molecule has 0 saturated heterocycles. The maximum atomic E-state index is 13.1. The van der Waals surface area contributed by atoms with Crippen LogP contribution in [-0.2, 0) is 65.4 Å². The highest BCUT2D eigenvalue weighted by molar-refractivity contribution is 7.47. The number of aliphatic hydroxyl groups is 1. The summed E-state index contributed by atoms with van der Waals surface area (Å²) in [5.74, 6) is -2.43. The normalized spacial score (nSPS) is 14.9. The smallest absolute Gasteiger partial charge is 0.462 e. The lowest BCUT2D eigenvalue weighted by Gasteiger charge is -2.21. The number of hydrogen-bond donors (Lipinski definition) is 3. The van der Waals surface area contributed by atoms with Crippen LogP contribution in [0.5, 0.6) is 0 Å². The summed E-state index contributed by atoms with van der Waals surface area (Å²) in [6.45, 7) is 4.33. The van der Waals surface area contributed by atoms with Crippen molar-refractivity contribution in [2.24, 2.45) is 0 Å². The number of ether oxygens (including phenoxy) is 4. The minimum atomic E-state index is -5.00. The van der Waals surface area contributed by atoms with Gasteiger partial charge in [-0.05, 0) is 141 Å². The molecule has 0 saturated carbocycles. The topological polar surface area (TPSA) is 237 Å². The molecule has 0 heterocycles. The Bertz CT molecular complexity index is 2480. The minimum Gasteiger partial charge on any atom is -0.462 e. The summed E-state index contributed by atoms with van der Waals surface area (Å²) in [5, 5.41) is 10.6. The van der Waals surface area contributed by atoms with Crippen LogP contribution in [0.1, 0.15) is 259 Å². The van der Waals surface area contributed by atoms with Gasteiger partial charge < -0.3 is 33.8 Å². The van der Waals surface area contributed by atoms with Gasteiger partial charge in [-0.3, -0.25) is 37.3 Å². The van der Waals surface area contributed by atoms with Crippen molar-refractivity contribution in [3.63, 3.8) is 0 Å². The zero-order valence-electron chi connectivity index (χ0n) is 60.4. The Balaban J connectivity index is 5.48. The van der Waals surface area contributed by atoms with Crippen molar-refractivity contribution in [3.8, 4) is 0 Å². The quantitative estimate of drug-likeness (QED) is 0.0169. The minimum absolute atomic E-state index is 0.0586. The highest BCUT2D eigenvalue weighted by Gasteiger charge is 2.30. The maximum Gasteiger partial charge on any atom is 0.472 e. The van der Waals surface area contributed by atoms with Crippen LogP contribution in [-0.4, -0.2) is 96.7 Å². The molecule has 0 radical (unpaired) electrons. The summed E-state index contributed by atoms with van der Waals surface area (Å²) in [6.07, 6.45) is 80.0. The Morgan fingerprint density at radius 2 is 0.592 bits per heavy atom. The van der Waals surface area contributed by atoms with Crippen molar-refractivity contribution < 1.29 is 80.2 Å². The Labute approximate surface area is 591 Å². The van der Waals surface area contributed by atoms with Crippen molar-refractivity contribution in [1.29, 1.82) is 0 Å². The molecule has 0 aromatic heterocycles. The van der Waals surface area contributed by atoms with Crippen LogP contribution in [0.25, 0.3) is 0 Å². The van der Waals surface area contributed by atoms with E-state index < -0.39 is 97.5 Å². The number of phosphoric acid groups is 2. The lowest BCUT2D eigenvalue weighted by Crippen LogP contribution is -2.30. The number of carbonyl (C=O) groups is 4. The number of carbonyl (C=O) groups excluding carboxylic acids is 4. The van der Waals surface area contributed by atoms with Crippen molar-refractivity contribution in [1.82, 2.24) is 0 Å². The molecule has 0 aromatic carbocycles. The third-order valence-corrected chi connectivity index (χ3v) is 16.4. The lowest BCUT2D eigenvalue weighted by atomic mass is 10.1. The first-order chi connectivity index (χ1) is 47.7. The zero-order chi connectivity index (χ0) is 71.8. The van der Waals surface area contributed by atoms with E-state index in [9.17, 15) is 43.2 Å². The van der Waals surface area contributed by atoms with E-state index in [-0.39, 0.29) is 25.7 Å². The van der Waals surface area contributed by atoms with Crippen LogP contribution in [0.3, 0.4) is 0 Å². The average molecular weight is 1410 g/mol. The van der Waals surface area contributed by atoms with Crippen LogP contribution in [0.4, 0.5) is 0 Å².